The summed E-state index contributed by atoms with van der Waals surface area (Å²) >= 11 is 0. The van der Waals surface area contributed by atoms with Crippen LogP contribution in [-0.4, -0.2) is 16.6 Å². The molecule has 1 aromatic carbocycles. The fourth-order valence-corrected chi connectivity index (χ4v) is 5.49. The number of nitrogens with zero attached hydrogens (tertiary/aromatic N) is 2. The molecular formula is C37H62N2O. The molecule has 0 radical (unpaired) electrons. The van der Waals surface area contributed by atoms with Crippen molar-refractivity contribution >= 4 is 0 Å². The Morgan fingerprint density at radius 3 is 1.32 bits per heavy atom. The van der Waals surface area contributed by atoms with Gasteiger partial charge in [0.1, 0.15) is 0 Å². The summed E-state index contributed by atoms with van der Waals surface area (Å²) in [5.41, 5.74) is 2.50. The van der Waals surface area contributed by atoms with Crippen LogP contribution in [0.5, 0.6) is 5.75 Å². The molecular weight excluding hydrogens is 488 g/mol. The van der Waals surface area contributed by atoms with Gasteiger partial charge in [-0.1, -0.05) is 173 Å². The van der Waals surface area contributed by atoms with Crippen LogP contribution in [0.2, 0.25) is 0 Å². The van der Waals surface area contributed by atoms with Gasteiger partial charge in [0.15, 0.2) is 11.6 Å². The lowest BCUT2D eigenvalue weighted by molar-refractivity contribution is 0.302. The number of rotatable bonds is 27. The van der Waals surface area contributed by atoms with Crippen LogP contribution in [-0.2, 0) is 6.42 Å². The third-order valence-electron chi connectivity index (χ3n) is 8.18. The maximum Gasteiger partial charge on any atom is 0.159 e. The molecule has 0 spiro atoms. The van der Waals surface area contributed by atoms with Crippen LogP contribution in [0.1, 0.15) is 167 Å². The van der Waals surface area contributed by atoms with Gasteiger partial charge in [0.2, 0.25) is 0 Å². The van der Waals surface area contributed by atoms with Crippen molar-refractivity contribution in [1.82, 2.24) is 9.97 Å². The highest BCUT2D eigenvalue weighted by atomic mass is 16.5. The molecule has 1 aromatic heterocycles. The molecule has 0 fully saturated rings. The first-order valence-electron chi connectivity index (χ1n) is 17.4. The number of unbranched alkanes of at least 4 members (excludes halogenated alkanes) is 21. The summed E-state index contributed by atoms with van der Waals surface area (Å²) in [6, 6.07) is 8.81. The first-order valence-corrected chi connectivity index (χ1v) is 17.4. The zero-order valence-electron chi connectivity index (χ0n) is 26.4. The minimum atomic E-state index is 0.758. The number of hydrogen-bond acceptors (Lipinski definition) is 3. The minimum Gasteiger partial charge on any atom is -0.490 e. The molecule has 0 saturated carbocycles. The maximum atomic E-state index is 5.89. The van der Waals surface area contributed by atoms with E-state index >= 15 is 0 Å². The Balaban J connectivity index is 1.47. The average molecular weight is 551 g/mol. The molecule has 0 bridgehead atoms. The average Bonchev–Trinajstić information content (AvgIpc) is 2.99. The number of benzene rings is 1. The molecule has 0 N–H and O–H groups in total. The molecule has 0 unspecified atom stereocenters. The highest BCUT2D eigenvalue weighted by Crippen LogP contribution is 2.19. The Morgan fingerprint density at radius 2 is 0.875 bits per heavy atom. The number of hydrogen-bond donors (Lipinski definition) is 0. The van der Waals surface area contributed by atoms with Gasteiger partial charge in [0, 0.05) is 5.56 Å². The summed E-state index contributed by atoms with van der Waals surface area (Å²) in [6.45, 7) is 5.33. The molecule has 0 saturated heterocycles. The Labute approximate surface area is 248 Å². The molecule has 0 atom stereocenters. The van der Waals surface area contributed by atoms with Gasteiger partial charge in [0.25, 0.3) is 0 Å². The molecule has 226 valence electrons. The SMILES string of the molecule is CCCCCCCCCCCCCCCOc1cnc(-c2ccc(CCCCCCCCCCCC)cc2)nc1. The Hall–Kier alpha value is -1.90. The predicted octanol–water partition coefficient (Wildman–Crippen LogP) is 12.1. The zero-order valence-corrected chi connectivity index (χ0v) is 26.4. The predicted molar refractivity (Wildman–Crippen MR) is 174 cm³/mol. The Kier molecular flexibility index (Phi) is 21.3. The van der Waals surface area contributed by atoms with E-state index in [1.807, 2.05) is 12.4 Å². The van der Waals surface area contributed by atoms with E-state index in [0.29, 0.717) is 0 Å². The molecule has 0 aliphatic rings. The highest BCUT2D eigenvalue weighted by Gasteiger charge is 2.03. The maximum absolute atomic E-state index is 5.89. The van der Waals surface area contributed by atoms with Gasteiger partial charge < -0.3 is 4.74 Å². The molecule has 2 aromatic rings. The van der Waals surface area contributed by atoms with Gasteiger partial charge in [-0.3, -0.25) is 0 Å². The first kappa shape index (κ1) is 34.3. The lowest BCUT2D eigenvalue weighted by Crippen LogP contribution is -1.99. The largest absolute Gasteiger partial charge is 0.490 e. The van der Waals surface area contributed by atoms with Crippen LogP contribution in [0.25, 0.3) is 11.4 Å². The van der Waals surface area contributed by atoms with E-state index in [0.717, 1.165) is 30.2 Å². The summed E-state index contributed by atoms with van der Waals surface area (Å²) < 4.78 is 5.89. The fourth-order valence-electron chi connectivity index (χ4n) is 5.49. The summed E-state index contributed by atoms with van der Waals surface area (Å²) in [6.07, 6.45) is 36.5. The Bertz CT molecular complexity index is 802. The molecule has 3 heteroatoms. The second-order valence-corrected chi connectivity index (χ2v) is 12.0. The third-order valence-corrected chi connectivity index (χ3v) is 8.18. The molecule has 0 amide bonds. The van der Waals surface area contributed by atoms with Crippen LogP contribution in [0.4, 0.5) is 0 Å². The molecule has 0 aliphatic heterocycles. The van der Waals surface area contributed by atoms with E-state index in [4.69, 9.17) is 4.74 Å². The van der Waals surface area contributed by atoms with Crippen molar-refractivity contribution in [2.24, 2.45) is 0 Å². The summed E-state index contributed by atoms with van der Waals surface area (Å²) in [7, 11) is 0. The topological polar surface area (TPSA) is 35.0 Å². The second kappa shape index (κ2) is 24.9. The minimum absolute atomic E-state index is 0.758. The van der Waals surface area contributed by atoms with Crippen molar-refractivity contribution in [2.45, 2.75) is 168 Å². The monoisotopic (exact) mass is 550 g/mol. The second-order valence-electron chi connectivity index (χ2n) is 12.0. The quantitative estimate of drug-likeness (QED) is 0.104. The summed E-state index contributed by atoms with van der Waals surface area (Å²) in [4.78, 5) is 9.11. The van der Waals surface area contributed by atoms with Gasteiger partial charge in [0.05, 0.1) is 19.0 Å². The van der Waals surface area contributed by atoms with Crippen LogP contribution in [0.3, 0.4) is 0 Å². The van der Waals surface area contributed by atoms with Crippen LogP contribution < -0.4 is 4.74 Å². The molecule has 40 heavy (non-hydrogen) atoms. The van der Waals surface area contributed by atoms with Gasteiger partial charge in [-0.25, -0.2) is 9.97 Å². The van der Waals surface area contributed by atoms with Crippen LogP contribution in [0, 0.1) is 0 Å². The van der Waals surface area contributed by atoms with E-state index < -0.39 is 0 Å². The van der Waals surface area contributed by atoms with Crippen molar-refractivity contribution in [2.75, 3.05) is 6.61 Å². The van der Waals surface area contributed by atoms with Gasteiger partial charge in [-0.15, -0.1) is 0 Å². The summed E-state index contributed by atoms with van der Waals surface area (Å²) in [5, 5.41) is 0. The lowest BCUT2D eigenvalue weighted by atomic mass is 10.0. The van der Waals surface area contributed by atoms with Gasteiger partial charge in [-0.05, 0) is 24.8 Å². The van der Waals surface area contributed by atoms with Crippen molar-refractivity contribution in [3.05, 3.63) is 42.2 Å². The van der Waals surface area contributed by atoms with Crippen molar-refractivity contribution in [1.29, 1.82) is 0 Å². The number of aromatic nitrogens is 2. The zero-order chi connectivity index (χ0) is 28.4. The number of aryl methyl sites for hydroxylation is 1. The molecule has 1 heterocycles. The molecule has 3 nitrogen and oxygen atoms in total. The summed E-state index contributed by atoms with van der Waals surface area (Å²) in [5.74, 6) is 1.55. The van der Waals surface area contributed by atoms with E-state index in [9.17, 15) is 0 Å². The molecule has 2 rings (SSSR count). The van der Waals surface area contributed by atoms with Crippen LogP contribution in [0.15, 0.2) is 36.7 Å². The Morgan fingerprint density at radius 1 is 0.475 bits per heavy atom. The van der Waals surface area contributed by atoms with Crippen LogP contribution >= 0.6 is 0 Å². The first-order chi connectivity index (χ1) is 19.8. The number of ether oxygens (including phenoxy) is 1. The van der Waals surface area contributed by atoms with E-state index in [1.54, 1.807) is 0 Å². The van der Waals surface area contributed by atoms with Gasteiger partial charge in [-0.2, -0.15) is 0 Å². The lowest BCUT2D eigenvalue weighted by Gasteiger charge is -2.07. The van der Waals surface area contributed by atoms with Crippen molar-refractivity contribution < 1.29 is 4.74 Å². The standard InChI is InChI=1S/C37H62N2O/c1-3-5-7-9-11-13-15-16-17-19-21-23-25-31-40-36-32-38-37(39-33-36)35-29-27-34(28-30-35)26-24-22-20-18-14-12-10-8-6-4-2/h27-30,32-33H,3-26,31H2,1-2H3. The van der Waals surface area contributed by atoms with E-state index in [1.165, 1.54) is 153 Å². The van der Waals surface area contributed by atoms with Gasteiger partial charge >= 0.3 is 0 Å². The van der Waals surface area contributed by atoms with E-state index in [-0.39, 0.29) is 0 Å². The highest BCUT2D eigenvalue weighted by molar-refractivity contribution is 5.55. The molecule has 0 aliphatic carbocycles. The normalized spacial score (nSPS) is 11.2. The fraction of sp³-hybridized carbons (Fsp3) is 0.730. The van der Waals surface area contributed by atoms with Crippen molar-refractivity contribution in [3.8, 4) is 17.1 Å². The van der Waals surface area contributed by atoms with E-state index in [2.05, 4.69) is 48.1 Å². The van der Waals surface area contributed by atoms with Crippen molar-refractivity contribution in [3.63, 3.8) is 0 Å². The third kappa shape index (κ3) is 17.7. The smallest absolute Gasteiger partial charge is 0.159 e.